The molecule has 0 saturated carbocycles. The van der Waals surface area contributed by atoms with Crippen LogP contribution in [0.25, 0.3) is 6.08 Å². The maximum atomic E-state index is 2.29. The van der Waals surface area contributed by atoms with E-state index in [9.17, 15) is 0 Å². The van der Waals surface area contributed by atoms with Crippen molar-refractivity contribution in [3.63, 3.8) is 0 Å². The van der Waals surface area contributed by atoms with E-state index in [1.54, 1.807) is 0 Å². The van der Waals surface area contributed by atoms with Gasteiger partial charge < -0.3 is 0 Å². The first-order valence-electron chi connectivity index (χ1n) is 2.71. The van der Waals surface area contributed by atoms with Gasteiger partial charge in [-0.05, 0) is 28.7 Å². The van der Waals surface area contributed by atoms with Crippen molar-refractivity contribution in [1.82, 2.24) is 0 Å². The molecule has 0 fully saturated rings. The predicted molar refractivity (Wildman–Crippen MR) is 38.0 cm³/mol. The van der Waals surface area contributed by atoms with Crippen LogP contribution in [-0.4, -0.2) is 0 Å². The fourth-order valence-electron chi connectivity index (χ4n) is 0.958. The van der Waals surface area contributed by atoms with E-state index in [4.69, 9.17) is 0 Å². The molecule has 1 heteroatoms. The molecule has 1 aromatic rings. The molecule has 0 nitrogen and oxygen atoms in total. The molecule has 2 rings (SSSR count). The minimum Gasteiger partial charge on any atom is -0.0255 e. The van der Waals surface area contributed by atoms with Crippen LogP contribution in [0.4, 0.5) is 0 Å². The number of rotatable bonds is 0. The predicted octanol–water partition coefficient (Wildman–Crippen LogP) is 2.46. The van der Waals surface area contributed by atoms with Crippen LogP contribution in [0.2, 0.25) is 0 Å². The molecule has 1 aliphatic heterocycles. The maximum absolute atomic E-state index is 2.29. The molecule has 0 bridgehead atoms. The Morgan fingerprint density at radius 3 is 3.38 bits per heavy atom. The first kappa shape index (κ1) is 4.33. The molecular formula is C7H7S+. The molecule has 0 amide bonds. The van der Waals surface area contributed by atoms with E-state index >= 15 is 0 Å². The Morgan fingerprint density at radius 2 is 2.50 bits per heavy atom. The minimum atomic E-state index is 0.502. The highest BCUT2D eigenvalue weighted by molar-refractivity contribution is 7.30. The molecular weight excluding hydrogens is 116 g/mol. The Kier molecular flexibility index (Phi) is 0.788. The number of allylic oxidation sites excluding steroid dienone is 1. The highest BCUT2D eigenvalue weighted by Crippen LogP contribution is 2.32. The largest absolute Gasteiger partial charge is 0.173 e. The van der Waals surface area contributed by atoms with E-state index in [1.165, 1.54) is 10.6 Å². The average molecular weight is 123 g/mol. The summed E-state index contributed by atoms with van der Waals surface area (Å²) in [6.45, 7) is 0. The van der Waals surface area contributed by atoms with E-state index in [-0.39, 0.29) is 0 Å². The third kappa shape index (κ3) is 0.450. The number of fused-ring (bicyclic) bond motifs is 1. The second-order valence-electron chi connectivity index (χ2n) is 1.90. The smallest absolute Gasteiger partial charge is 0.0255 e. The van der Waals surface area contributed by atoms with Crippen molar-refractivity contribution in [2.24, 2.45) is 0 Å². The zero-order chi connectivity index (χ0) is 5.40. The van der Waals surface area contributed by atoms with Gasteiger partial charge in [0, 0.05) is 6.07 Å². The van der Waals surface area contributed by atoms with Crippen LogP contribution >= 0.6 is 10.5 Å². The molecule has 0 aliphatic carbocycles. The first-order chi connectivity index (χ1) is 3.97. The molecule has 1 aromatic heterocycles. The molecule has 1 unspecified atom stereocenters. The third-order valence-electron chi connectivity index (χ3n) is 1.36. The molecule has 2 heterocycles. The zero-order valence-corrected chi connectivity index (χ0v) is 5.32. The van der Waals surface area contributed by atoms with Crippen LogP contribution in [0, 0.1) is 0 Å². The second-order valence-corrected chi connectivity index (χ2v) is 3.83. The normalized spacial score (nSPS) is 16.8. The van der Waals surface area contributed by atoms with Crippen LogP contribution in [0.5, 0.6) is 0 Å². The molecule has 0 aromatic carbocycles. The molecule has 1 atom stereocenters. The van der Waals surface area contributed by atoms with Crippen LogP contribution < -0.4 is 0 Å². The zero-order valence-electron chi connectivity index (χ0n) is 4.50. The van der Waals surface area contributed by atoms with Gasteiger partial charge in [-0.15, -0.1) is 0 Å². The minimum absolute atomic E-state index is 0.502. The number of thiophene rings is 1. The second kappa shape index (κ2) is 1.46. The van der Waals surface area contributed by atoms with Crippen molar-refractivity contribution < 1.29 is 0 Å². The quantitative estimate of drug-likeness (QED) is 0.465. The van der Waals surface area contributed by atoms with Gasteiger partial charge in [-0.25, -0.2) is 0 Å². The summed E-state index contributed by atoms with van der Waals surface area (Å²) in [5, 5.41) is 2.29. The van der Waals surface area contributed by atoms with Crippen LogP contribution in [0.1, 0.15) is 4.88 Å². The Morgan fingerprint density at radius 1 is 1.50 bits per heavy atom. The lowest BCUT2D eigenvalue weighted by molar-refractivity contribution is 1.66. The molecule has 8 heavy (non-hydrogen) atoms. The third-order valence-corrected chi connectivity index (χ3v) is 3.28. The van der Waals surface area contributed by atoms with Gasteiger partial charge in [0.05, 0.1) is 0 Å². The van der Waals surface area contributed by atoms with Gasteiger partial charge in [0.2, 0.25) is 0 Å². The summed E-state index contributed by atoms with van der Waals surface area (Å²) in [5.74, 6) is 1.25. The monoisotopic (exact) mass is 123 g/mol. The number of hydrogen-bond acceptors (Lipinski definition) is 0. The van der Waals surface area contributed by atoms with Gasteiger partial charge in [-0.1, -0.05) is 0 Å². The van der Waals surface area contributed by atoms with Gasteiger partial charge in [0.15, 0.2) is 4.88 Å². The average Bonchev–Trinajstić information content (AvgIpc) is 2.15. The Hall–Kier alpha value is -0.560. The fourth-order valence-corrected chi connectivity index (χ4v) is 2.51. The van der Waals surface area contributed by atoms with Crippen molar-refractivity contribution in [3.05, 3.63) is 28.5 Å². The summed E-state index contributed by atoms with van der Waals surface area (Å²) in [7, 11) is 0.502. The lowest BCUT2D eigenvalue weighted by Gasteiger charge is -1.70. The lowest BCUT2D eigenvalue weighted by Crippen LogP contribution is -1.52. The van der Waals surface area contributed by atoms with Crippen molar-refractivity contribution in [1.29, 1.82) is 0 Å². The topological polar surface area (TPSA) is 0 Å². The lowest BCUT2D eigenvalue weighted by atomic mass is 10.4. The van der Waals surface area contributed by atoms with Gasteiger partial charge in [-0.3, -0.25) is 0 Å². The molecule has 40 valence electrons. The molecule has 0 N–H and O–H groups in total. The molecule has 1 aliphatic rings. The van der Waals surface area contributed by atoms with Gasteiger partial charge in [0.1, 0.15) is 11.1 Å². The SMILES string of the molecule is C1=Cc2ccc[s+]2C1. The molecule has 0 radical (unpaired) electrons. The Balaban J connectivity index is 2.67. The summed E-state index contributed by atoms with van der Waals surface area (Å²) in [5.41, 5.74) is 0. The number of hydrogen-bond donors (Lipinski definition) is 0. The van der Waals surface area contributed by atoms with Crippen molar-refractivity contribution in [2.45, 2.75) is 5.75 Å². The van der Waals surface area contributed by atoms with Crippen molar-refractivity contribution >= 4 is 16.5 Å². The fraction of sp³-hybridized carbons (Fsp3) is 0.143. The molecule has 0 spiro atoms. The summed E-state index contributed by atoms with van der Waals surface area (Å²) < 4.78 is 0. The van der Waals surface area contributed by atoms with Gasteiger partial charge in [0.25, 0.3) is 0 Å². The van der Waals surface area contributed by atoms with Crippen molar-refractivity contribution in [2.75, 3.05) is 0 Å². The first-order valence-corrected chi connectivity index (χ1v) is 4.17. The van der Waals surface area contributed by atoms with E-state index in [0.717, 1.165) is 0 Å². The maximum Gasteiger partial charge on any atom is 0.173 e. The standard InChI is InChI=1S/C7H7S/c1-3-7-4-2-6-8(7)5-1/h1-5H,6H2/q+1. The van der Waals surface area contributed by atoms with E-state index < -0.39 is 0 Å². The summed E-state index contributed by atoms with van der Waals surface area (Å²) in [4.78, 5) is 1.52. The highest BCUT2D eigenvalue weighted by atomic mass is 32.2. The van der Waals surface area contributed by atoms with E-state index in [0.29, 0.717) is 10.5 Å². The van der Waals surface area contributed by atoms with Crippen molar-refractivity contribution in [3.8, 4) is 0 Å². The van der Waals surface area contributed by atoms with Crippen LogP contribution in [0.3, 0.4) is 0 Å². The molecule has 0 saturated heterocycles. The van der Waals surface area contributed by atoms with Gasteiger partial charge >= 0.3 is 0 Å². The Bertz CT molecular complexity index is 220. The van der Waals surface area contributed by atoms with E-state index in [1.807, 2.05) is 0 Å². The van der Waals surface area contributed by atoms with E-state index in [2.05, 4.69) is 29.7 Å². The van der Waals surface area contributed by atoms with Crippen LogP contribution in [0.15, 0.2) is 23.6 Å². The summed E-state index contributed by atoms with van der Waals surface area (Å²) in [6.07, 6.45) is 4.47. The highest BCUT2D eigenvalue weighted by Gasteiger charge is 2.12. The summed E-state index contributed by atoms with van der Waals surface area (Å²) in [6, 6.07) is 4.36. The summed E-state index contributed by atoms with van der Waals surface area (Å²) >= 11 is 0. The van der Waals surface area contributed by atoms with Gasteiger partial charge in [-0.2, -0.15) is 0 Å². The van der Waals surface area contributed by atoms with Crippen LogP contribution in [-0.2, 0) is 5.75 Å². The Labute approximate surface area is 51.4 Å².